The van der Waals surface area contributed by atoms with E-state index in [1.54, 1.807) is 37.3 Å². The van der Waals surface area contributed by atoms with Crippen LogP contribution in [0, 0.1) is 0 Å². The lowest BCUT2D eigenvalue weighted by atomic mass is 10.2. The first-order chi connectivity index (χ1) is 13.0. The molecule has 1 rings (SSSR count). The summed E-state index contributed by atoms with van der Waals surface area (Å²) in [6, 6.07) is 6.62. The molecule has 0 aliphatic carbocycles. The minimum Gasteiger partial charge on any atom is -0.469 e. The maximum atomic E-state index is 11.8. The number of hydrogen-bond acceptors (Lipinski definition) is 6. The average Bonchev–Trinajstić information content (AvgIpc) is 2.67. The second-order valence-electron chi connectivity index (χ2n) is 5.45. The Morgan fingerprint density at radius 3 is 2.37 bits per heavy atom. The number of ether oxygens (including phenoxy) is 2. The number of methoxy groups -OCH3 is 1. The van der Waals surface area contributed by atoms with Crippen molar-refractivity contribution in [2.24, 2.45) is 0 Å². The zero-order valence-electron chi connectivity index (χ0n) is 15.4. The van der Waals surface area contributed by atoms with Crippen LogP contribution in [0.5, 0.6) is 0 Å². The third-order valence-electron chi connectivity index (χ3n) is 3.39. The summed E-state index contributed by atoms with van der Waals surface area (Å²) in [5.41, 5.74) is 1.20. The van der Waals surface area contributed by atoms with Gasteiger partial charge in [0.05, 0.1) is 13.7 Å². The summed E-state index contributed by atoms with van der Waals surface area (Å²) in [4.78, 5) is 45.8. The molecule has 146 valence electrons. The zero-order valence-corrected chi connectivity index (χ0v) is 15.4. The molecule has 0 atom stereocenters. The fourth-order valence-electron chi connectivity index (χ4n) is 2.00. The predicted molar refractivity (Wildman–Crippen MR) is 99.6 cm³/mol. The van der Waals surface area contributed by atoms with Crippen molar-refractivity contribution < 1.29 is 28.7 Å². The van der Waals surface area contributed by atoms with E-state index in [1.807, 2.05) is 0 Å². The molecule has 0 spiro atoms. The van der Waals surface area contributed by atoms with Gasteiger partial charge >= 0.3 is 23.8 Å². The van der Waals surface area contributed by atoms with Crippen molar-refractivity contribution in [1.82, 2.24) is 5.32 Å². The monoisotopic (exact) mass is 376 g/mol. The van der Waals surface area contributed by atoms with Crippen molar-refractivity contribution in [2.45, 2.75) is 26.2 Å². The van der Waals surface area contributed by atoms with E-state index in [4.69, 9.17) is 4.74 Å². The first-order valence-electron chi connectivity index (χ1n) is 8.57. The fraction of sp³-hybridized carbons (Fsp3) is 0.368. The van der Waals surface area contributed by atoms with Gasteiger partial charge in [0, 0.05) is 24.7 Å². The lowest BCUT2D eigenvalue weighted by Gasteiger charge is -2.07. The third-order valence-corrected chi connectivity index (χ3v) is 3.39. The first-order valence-corrected chi connectivity index (χ1v) is 8.57. The lowest BCUT2D eigenvalue weighted by Crippen LogP contribution is -2.35. The van der Waals surface area contributed by atoms with E-state index in [-0.39, 0.29) is 12.4 Å². The third kappa shape index (κ3) is 9.20. The minimum atomic E-state index is -0.780. The molecule has 0 bridgehead atoms. The van der Waals surface area contributed by atoms with Gasteiger partial charge in [0.1, 0.15) is 0 Å². The van der Waals surface area contributed by atoms with Crippen molar-refractivity contribution in [2.75, 3.05) is 25.6 Å². The highest BCUT2D eigenvalue weighted by Crippen LogP contribution is 2.11. The van der Waals surface area contributed by atoms with Gasteiger partial charge in [-0.15, -0.1) is 0 Å². The Morgan fingerprint density at radius 2 is 1.74 bits per heavy atom. The Hall–Kier alpha value is -3.16. The van der Waals surface area contributed by atoms with E-state index >= 15 is 0 Å². The number of hydrogen-bond donors (Lipinski definition) is 2. The van der Waals surface area contributed by atoms with E-state index in [0.717, 1.165) is 5.56 Å². The Bertz CT molecular complexity index is 682. The predicted octanol–water partition coefficient (Wildman–Crippen LogP) is 1.66. The van der Waals surface area contributed by atoms with Crippen molar-refractivity contribution in [3.63, 3.8) is 0 Å². The molecule has 1 aromatic rings. The largest absolute Gasteiger partial charge is 0.469 e. The summed E-state index contributed by atoms with van der Waals surface area (Å²) in [5, 5.41) is 4.97. The van der Waals surface area contributed by atoms with Crippen LogP contribution < -0.4 is 10.6 Å². The fourth-order valence-corrected chi connectivity index (χ4v) is 2.00. The molecule has 0 fully saturated rings. The number of carbonyl (C=O) groups is 4. The summed E-state index contributed by atoms with van der Waals surface area (Å²) in [5.74, 6) is -2.27. The molecule has 8 heteroatoms. The van der Waals surface area contributed by atoms with E-state index in [1.165, 1.54) is 13.2 Å². The van der Waals surface area contributed by atoms with E-state index in [9.17, 15) is 19.2 Å². The van der Waals surface area contributed by atoms with Crippen molar-refractivity contribution in [3.05, 3.63) is 35.9 Å². The molecule has 2 N–H and O–H groups in total. The SMILES string of the molecule is CCOC(=O)/C=C/c1ccc(NC(=O)C(=O)NCCCCC(=O)OC)cc1. The number of unbranched alkanes of at least 4 members (excludes halogenated alkanes) is 1. The standard InChI is InChI=1S/C19H24N2O6/c1-3-27-17(23)12-9-14-7-10-15(11-8-14)21-19(25)18(24)20-13-5-4-6-16(22)26-2/h7-12H,3-6,13H2,1-2H3,(H,20,24)(H,21,25)/b12-9+. The van der Waals surface area contributed by atoms with Gasteiger partial charge in [-0.05, 0) is 43.5 Å². The molecule has 0 aliphatic rings. The number of anilines is 1. The van der Waals surface area contributed by atoms with Crippen LogP contribution in [0.3, 0.4) is 0 Å². The van der Waals surface area contributed by atoms with Crippen LogP contribution in [0.15, 0.2) is 30.3 Å². The van der Waals surface area contributed by atoms with Crippen LogP contribution in [0.2, 0.25) is 0 Å². The van der Waals surface area contributed by atoms with E-state index < -0.39 is 17.8 Å². The summed E-state index contributed by atoms with van der Waals surface area (Å²) < 4.78 is 9.29. The number of amides is 2. The van der Waals surface area contributed by atoms with Gasteiger partial charge in [-0.3, -0.25) is 14.4 Å². The van der Waals surface area contributed by atoms with Gasteiger partial charge in [0.15, 0.2) is 0 Å². The number of carbonyl (C=O) groups excluding carboxylic acids is 4. The van der Waals surface area contributed by atoms with Crippen LogP contribution in [-0.4, -0.2) is 44.0 Å². The number of nitrogens with one attached hydrogen (secondary N) is 2. The molecular formula is C19H24N2O6. The van der Waals surface area contributed by atoms with Crippen LogP contribution in [0.4, 0.5) is 5.69 Å². The van der Waals surface area contributed by atoms with Crippen molar-refractivity contribution in [3.8, 4) is 0 Å². The molecule has 0 aliphatic heterocycles. The molecule has 0 aromatic heterocycles. The van der Waals surface area contributed by atoms with Crippen molar-refractivity contribution >= 4 is 35.5 Å². The highest BCUT2D eigenvalue weighted by Gasteiger charge is 2.13. The molecule has 0 saturated heterocycles. The van der Waals surface area contributed by atoms with E-state index in [2.05, 4.69) is 15.4 Å². The van der Waals surface area contributed by atoms with Gasteiger partial charge in [0.2, 0.25) is 0 Å². The Morgan fingerprint density at radius 1 is 1.04 bits per heavy atom. The van der Waals surface area contributed by atoms with Gasteiger partial charge in [0.25, 0.3) is 0 Å². The van der Waals surface area contributed by atoms with Crippen LogP contribution in [-0.2, 0) is 28.7 Å². The minimum absolute atomic E-state index is 0.273. The smallest absolute Gasteiger partial charge is 0.330 e. The summed E-state index contributed by atoms with van der Waals surface area (Å²) in [6.07, 6.45) is 4.30. The highest BCUT2D eigenvalue weighted by atomic mass is 16.5. The van der Waals surface area contributed by atoms with Gasteiger partial charge in [-0.2, -0.15) is 0 Å². The Balaban J connectivity index is 2.37. The quantitative estimate of drug-likeness (QED) is 0.293. The molecule has 0 heterocycles. The maximum Gasteiger partial charge on any atom is 0.330 e. The Kier molecular flexibility index (Phi) is 9.92. The molecule has 2 amide bonds. The van der Waals surface area contributed by atoms with Crippen LogP contribution in [0.25, 0.3) is 6.08 Å². The lowest BCUT2D eigenvalue weighted by molar-refractivity contribution is -0.141. The molecular weight excluding hydrogens is 352 g/mol. The topological polar surface area (TPSA) is 111 Å². The number of benzene rings is 1. The second kappa shape index (κ2) is 12.2. The van der Waals surface area contributed by atoms with Crippen molar-refractivity contribution in [1.29, 1.82) is 0 Å². The first kappa shape index (κ1) is 21.9. The molecule has 1 aromatic carbocycles. The summed E-state index contributed by atoms with van der Waals surface area (Å²) in [6.45, 7) is 2.32. The molecule has 0 saturated carbocycles. The summed E-state index contributed by atoms with van der Waals surface area (Å²) in [7, 11) is 1.32. The number of rotatable bonds is 9. The molecule has 8 nitrogen and oxygen atoms in total. The normalized spacial score (nSPS) is 10.3. The van der Waals surface area contributed by atoms with Crippen LogP contribution >= 0.6 is 0 Å². The van der Waals surface area contributed by atoms with Gasteiger partial charge in [-0.1, -0.05) is 12.1 Å². The number of esters is 2. The van der Waals surface area contributed by atoms with E-state index in [0.29, 0.717) is 31.7 Å². The maximum absolute atomic E-state index is 11.8. The second-order valence-corrected chi connectivity index (χ2v) is 5.45. The van der Waals surface area contributed by atoms with Crippen LogP contribution in [0.1, 0.15) is 31.7 Å². The molecule has 27 heavy (non-hydrogen) atoms. The van der Waals surface area contributed by atoms with Gasteiger partial charge in [-0.25, -0.2) is 4.79 Å². The molecule has 0 radical (unpaired) electrons. The zero-order chi connectivity index (χ0) is 20.1. The Labute approximate surface area is 157 Å². The average molecular weight is 376 g/mol. The summed E-state index contributed by atoms with van der Waals surface area (Å²) >= 11 is 0. The van der Waals surface area contributed by atoms with Gasteiger partial charge < -0.3 is 20.1 Å². The molecule has 0 unspecified atom stereocenters. The highest BCUT2D eigenvalue weighted by molar-refractivity contribution is 6.39.